The summed E-state index contributed by atoms with van der Waals surface area (Å²) in [5.41, 5.74) is 5.62. The van der Waals surface area contributed by atoms with Crippen molar-refractivity contribution in [3.05, 3.63) is 0 Å². The first kappa shape index (κ1) is 10.9. The minimum atomic E-state index is -0.356. The molecule has 0 fully saturated rings. The molecule has 2 N–H and O–H groups in total. The average molecular weight is 159 g/mol. The van der Waals surface area contributed by atoms with Crippen molar-refractivity contribution in [3.8, 4) is 0 Å². The Morgan fingerprint density at radius 2 is 1.82 bits per heavy atom. The molecule has 0 rings (SSSR count). The lowest BCUT2D eigenvalue weighted by Crippen LogP contribution is -2.41. The van der Waals surface area contributed by atoms with Crippen LogP contribution in [0, 0.1) is 0 Å². The zero-order valence-corrected chi connectivity index (χ0v) is 8.02. The second-order valence-electron chi connectivity index (χ2n) is 3.12. The number of rotatable bonds is 6. The first-order chi connectivity index (χ1) is 5.18. The van der Waals surface area contributed by atoms with Crippen LogP contribution in [0.5, 0.6) is 0 Å². The summed E-state index contributed by atoms with van der Waals surface area (Å²) in [6.45, 7) is 4.30. The Morgan fingerprint density at radius 3 is 2.18 bits per heavy atom. The predicted octanol–water partition coefficient (Wildman–Crippen LogP) is 2.28. The minimum absolute atomic E-state index is 0.356. The van der Waals surface area contributed by atoms with Crippen molar-refractivity contribution in [1.82, 2.24) is 0 Å². The molecule has 0 aromatic heterocycles. The summed E-state index contributed by atoms with van der Waals surface area (Å²) in [7, 11) is 1.70. The average Bonchev–Trinajstić information content (AvgIpc) is 2.02. The van der Waals surface area contributed by atoms with Crippen molar-refractivity contribution in [2.75, 3.05) is 7.11 Å². The van der Waals surface area contributed by atoms with E-state index in [0.29, 0.717) is 0 Å². The number of hydrogen-bond acceptors (Lipinski definition) is 2. The van der Waals surface area contributed by atoms with Gasteiger partial charge >= 0.3 is 0 Å². The summed E-state index contributed by atoms with van der Waals surface area (Å²) in [6, 6.07) is 0. The summed E-state index contributed by atoms with van der Waals surface area (Å²) in [5, 5.41) is 0. The van der Waals surface area contributed by atoms with Gasteiger partial charge in [0.05, 0.1) is 0 Å². The van der Waals surface area contributed by atoms with E-state index in [4.69, 9.17) is 10.5 Å². The van der Waals surface area contributed by atoms with Crippen molar-refractivity contribution in [1.29, 1.82) is 0 Å². The van der Waals surface area contributed by atoms with Gasteiger partial charge in [0.2, 0.25) is 0 Å². The van der Waals surface area contributed by atoms with Crippen molar-refractivity contribution < 1.29 is 4.74 Å². The van der Waals surface area contributed by atoms with Crippen molar-refractivity contribution in [2.24, 2.45) is 5.73 Å². The molecule has 1 atom stereocenters. The van der Waals surface area contributed by atoms with Crippen LogP contribution >= 0.6 is 0 Å². The van der Waals surface area contributed by atoms with Crippen LogP contribution in [0.4, 0.5) is 0 Å². The largest absolute Gasteiger partial charge is 0.364 e. The molecule has 0 heterocycles. The molecule has 0 saturated carbocycles. The van der Waals surface area contributed by atoms with E-state index in [-0.39, 0.29) is 5.72 Å². The second kappa shape index (κ2) is 5.56. The van der Waals surface area contributed by atoms with E-state index in [1.807, 2.05) is 0 Å². The van der Waals surface area contributed by atoms with Crippen molar-refractivity contribution in [3.63, 3.8) is 0 Å². The van der Waals surface area contributed by atoms with Crippen LogP contribution in [0.15, 0.2) is 0 Å². The van der Waals surface area contributed by atoms with Gasteiger partial charge in [-0.25, -0.2) is 0 Å². The molecule has 0 aromatic carbocycles. The lowest BCUT2D eigenvalue weighted by atomic mass is 10.0. The molecule has 0 bridgehead atoms. The Kier molecular flexibility index (Phi) is 5.51. The van der Waals surface area contributed by atoms with Gasteiger partial charge in [0, 0.05) is 7.11 Å². The highest BCUT2D eigenvalue weighted by Crippen LogP contribution is 2.17. The smallest absolute Gasteiger partial charge is 0.116 e. The van der Waals surface area contributed by atoms with E-state index in [9.17, 15) is 0 Å². The first-order valence-corrected chi connectivity index (χ1v) is 4.52. The lowest BCUT2D eigenvalue weighted by molar-refractivity contribution is -0.0212. The molecule has 2 heteroatoms. The summed E-state index contributed by atoms with van der Waals surface area (Å²) >= 11 is 0. The minimum Gasteiger partial charge on any atom is -0.364 e. The van der Waals surface area contributed by atoms with E-state index in [1.54, 1.807) is 7.11 Å². The Balaban J connectivity index is 3.68. The summed E-state index contributed by atoms with van der Waals surface area (Å²) in [4.78, 5) is 0. The molecule has 0 aliphatic carbocycles. The molecule has 0 amide bonds. The summed E-state index contributed by atoms with van der Waals surface area (Å²) in [5.74, 6) is 0. The molecule has 0 aliphatic rings. The summed E-state index contributed by atoms with van der Waals surface area (Å²) < 4.78 is 5.26. The molecule has 0 aliphatic heterocycles. The number of unbranched alkanes of at least 4 members (excludes halogenated alkanes) is 1. The quantitative estimate of drug-likeness (QED) is 0.603. The van der Waals surface area contributed by atoms with Gasteiger partial charge in [-0.2, -0.15) is 0 Å². The standard InChI is InChI=1S/C9H21NO/c1-4-6-8-9(10,11-3)7-5-2/h4-8,10H2,1-3H3. The highest BCUT2D eigenvalue weighted by molar-refractivity contribution is 4.71. The van der Waals surface area contributed by atoms with Gasteiger partial charge < -0.3 is 10.5 Å². The predicted molar refractivity (Wildman–Crippen MR) is 48.4 cm³/mol. The molecule has 2 nitrogen and oxygen atoms in total. The third kappa shape index (κ3) is 4.38. The van der Waals surface area contributed by atoms with Gasteiger partial charge in [-0.15, -0.1) is 0 Å². The number of methoxy groups -OCH3 is 1. The molecule has 11 heavy (non-hydrogen) atoms. The molecule has 0 radical (unpaired) electrons. The summed E-state index contributed by atoms with van der Waals surface area (Å²) in [6.07, 6.45) is 5.38. The number of nitrogens with two attached hydrogens (primary N) is 1. The third-order valence-corrected chi connectivity index (χ3v) is 2.03. The Hall–Kier alpha value is -0.0800. The molecule has 0 saturated heterocycles. The van der Waals surface area contributed by atoms with Gasteiger partial charge in [-0.05, 0) is 19.3 Å². The number of ether oxygens (including phenoxy) is 1. The zero-order valence-electron chi connectivity index (χ0n) is 8.02. The Bertz CT molecular complexity index is 95.6. The van der Waals surface area contributed by atoms with Crippen LogP contribution in [-0.2, 0) is 4.74 Å². The maximum absolute atomic E-state index is 5.97. The van der Waals surface area contributed by atoms with Crippen LogP contribution < -0.4 is 5.73 Å². The maximum atomic E-state index is 5.97. The molecule has 68 valence electrons. The second-order valence-corrected chi connectivity index (χ2v) is 3.12. The van der Waals surface area contributed by atoms with E-state index in [2.05, 4.69) is 13.8 Å². The molecule has 1 unspecified atom stereocenters. The first-order valence-electron chi connectivity index (χ1n) is 4.52. The zero-order chi connectivity index (χ0) is 8.74. The van der Waals surface area contributed by atoms with Crippen molar-refractivity contribution >= 4 is 0 Å². The fourth-order valence-corrected chi connectivity index (χ4v) is 1.23. The number of hydrogen-bond donors (Lipinski definition) is 1. The van der Waals surface area contributed by atoms with E-state index in [0.717, 1.165) is 25.7 Å². The normalized spacial score (nSPS) is 16.4. The molecule has 0 spiro atoms. The fourth-order valence-electron chi connectivity index (χ4n) is 1.23. The van der Waals surface area contributed by atoms with Gasteiger partial charge in [-0.1, -0.05) is 26.7 Å². The van der Waals surface area contributed by atoms with Gasteiger partial charge in [0.1, 0.15) is 5.72 Å². The maximum Gasteiger partial charge on any atom is 0.116 e. The highest BCUT2D eigenvalue weighted by Gasteiger charge is 2.21. The van der Waals surface area contributed by atoms with Crippen LogP contribution in [0.1, 0.15) is 46.0 Å². The van der Waals surface area contributed by atoms with E-state index in [1.165, 1.54) is 6.42 Å². The van der Waals surface area contributed by atoms with Crippen molar-refractivity contribution in [2.45, 2.75) is 51.7 Å². The van der Waals surface area contributed by atoms with Crippen LogP contribution in [0.3, 0.4) is 0 Å². The monoisotopic (exact) mass is 159 g/mol. The van der Waals surface area contributed by atoms with Crippen LogP contribution in [-0.4, -0.2) is 12.8 Å². The molecule has 0 aromatic rings. The third-order valence-electron chi connectivity index (χ3n) is 2.03. The van der Waals surface area contributed by atoms with Crippen LogP contribution in [0.25, 0.3) is 0 Å². The SMILES string of the molecule is CCCCC(N)(CCC)OC. The van der Waals surface area contributed by atoms with Crippen LogP contribution in [0.2, 0.25) is 0 Å². The fraction of sp³-hybridized carbons (Fsp3) is 1.00. The topological polar surface area (TPSA) is 35.2 Å². The van der Waals surface area contributed by atoms with E-state index >= 15 is 0 Å². The molecular formula is C9H21NO. The van der Waals surface area contributed by atoms with E-state index < -0.39 is 0 Å². The Labute approximate surface area is 70.1 Å². The van der Waals surface area contributed by atoms with Gasteiger partial charge in [-0.3, -0.25) is 0 Å². The van der Waals surface area contributed by atoms with Gasteiger partial charge in [0.15, 0.2) is 0 Å². The highest BCUT2D eigenvalue weighted by atomic mass is 16.5. The molecular weight excluding hydrogens is 138 g/mol. The lowest BCUT2D eigenvalue weighted by Gasteiger charge is -2.27. The Morgan fingerprint density at radius 1 is 1.18 bits per heavy atom. The van der Waals surface area contributed by atoms with Gasteiger partial charge in [0.25, 0.3) is 0 Å².